The number of aryl methyl sites for hydroxylation is 2. The van der Waals surface area contributed by atoms with Crippen molar-refractivity contribution in [2.75, 3.05) is 14.2 Å². The molecule has 2 aromatic rings. The highest BCUT2D eigenvalue weighted by molar-refractivity contribution is 5.83. The van der Waals surface area contributed by atoms with Crippen LogP contribution in [0.2, 0.25) is 0 Å². The van der Waals surface area contributed by atoms with Crippen molar-refractivity contribution in [2.45, 2.75) is 77.1 Å². The molecule has 4 nitrogen and oxygen atoms in total. The molecule has 0 radical (unpaired) electrons. The molecule has 0 aliphatic rings. The van der Waals surface area contributed by atoms with Crippen LogP contribution >= 0.6 is 0 Å². The van der Waals surface area contributed by atoms with Crippen LogP contribution in [0.4, 0.5) is 0 Å². The molecule has 2 rings (SSSR count). The summed E-state index contributed by atoms with van der Waals surface area (Å²) in [4.78, 5) is 13.7. The van der Waals surface area contributed by atoms with Crippen LogP contribution in [0.15, 0.2) is 54.6 Å². The smallest absolute Gasteiger partial charge is 0.167 e. The summed E-state index contributed by atoms with van der Waals surface area (Å²) >= 11 is 0. The maximum atomic E-state index is 13.7. The Kier molecular flexibility index (Phi) is 10.6. The predicted octanol–water partition coefficient (Wildman–Crippen LogP) is 5.85. The summed E-state index contributed by atoms with van der Waals surface area (Å²) in [6, 6.07) is 18.4. The SMILES string of the molecule is CCC[C@](O)(CCc1ccccc1)CC(=O)C(C(OC)OC)[C@@H](CC)c1cccc(C)c1. The van der Waals surface area contributed by atoms with Gasteiger partial charge in [0.2, 0.25) is 0 Å². The van der Waals surface area contributed by atoms with E-state index in [9.17, 15) is 9.90 Å². The molecule has 0 aliphatic carbocycles. The normalized spacial score (nSPS) is 15.3. The Labute approximate surface area is 194 Å². The molecule has 32 heavy (non-hydrogen) atoms. The lowest BCUT2D eigenvalue weighted by Crippen LogP contribution is -2.41. The van der Waals surface area contributed by atoms with Gasteiger partial charge in [0.1, 0.15) is 5.78 Å². The molecule has 1 unspecified atom stereocenters. The third-order valence-electron chi connectivity index (χ3n) is 6.41. The molecule has 0 saturated heterocycles. The first kappa shape index (κ1) is 26.2. The average molecular weight is 441 g/mol. The first-order valence-electron chi connectivity index (χ1n) is 11.8. The zero-order valence-corrected chi connectivity index (χ0v) is 20.3. The number of methoxy groups -OCH3 is 2. The lowest BCUT2D eigenvalue weighted by atomic mass is 9.76. The second-order valence-corrected chi connectivity index (χ2v) is 8.90. The molecule has 0 aromatic heterocycles. The fourth-order valence-electron chi connectivity index (χ4n) is 4.78. The first-order chi connectivity index (χ1) is 15.4. The molecular formula is C28H40O4. The molecule has 0 spiro atoms. The van der Waals surface area contributed by atoms with Crippen molar-refractivity contribution in [2.24, 2.45) is 5.92 Å². The topological polar surface area (TPSA) is 55.8 Å². The molecular weight excluding hydrogens is 400 g/mol. The van der Waals surface area contributed by atoms with E-state index in [-0.39, 0.29) is 18.1 Å². The van der Waals surface area contributed by atoms with Gasteiger partial charge in [-0.05, 0) is 49.7 Å². The van der Waals surface area contributed by atoms with E-state index in [1.807, 2.05) is 31.2 Å². The van der Waals surface area contributed by atoms with Crippen molar-refractivity contribution < 1.29 is 19.4 Å². The highest BCUT2D eigenvalue weighted by Gasteiger charge is 2.40. The number of ketones is 1. The minimum Gasteiger partial charge on any atom is -0.389 e. The summed E-state index contributed by atoms with van der Waals surface area (Å²) in [7, 11) is 3.15. The standard InChI is InChI=1S/C28H40O4/c1-6-17-28(30,18-16-22-13-9-8-10-14-22)20-25(29)26(27(31-4)32-5)24(7-2)23-15-11-12-21(3)19-23/h8-15,19,24,26-27,30H,6-7,16-18,20H2,1-5H3/t24-,26?,28-/m0/s1. The molecule has 0 saturated carbocycles. The second-order valence-electron chi connectivity index (χ2n) is 8.90. The Morgan fingerprint density at radius 2 is 1.69 bits per heavy atom. The van der Waals surface area contributed by atoms with Gasteiger partial charge in [0.05, 0.1) is 11.5 Å². The van der Waals surface area contributed by atoms with E-state index in [1.54, 1.807) is 14.2 Å². The van der Waals surface area contributed by atoms with Gasteiger partial charge in [-0.25, -0.2) is 0 Å². The van der Waals surface area contributed by atoms with Gasteiger partial charge in [0.15, 0.2) is 6.29 Å². The van der Waals surface area contributed by atoms with E-state index >= 15 is 0 Å². The van der Waals surface area contributed by atoms with Crippen LogP contribution in [-0.2, 0) is 20.7 Å². The molecule has 1 N–H and O–H groups in total. The predicted molar refractivity (Wildman–Crippen MR) is 130 cm³/mol. The number of carbonyl (C=O) groups excluding carboxylic acids is 1. The van der Waals surface area contributed by atoms with Crippen molar-refractivity contribution in [3.8, 4) is 0 Å². The number of hydrogen-bond acceptors (Lipinski definition) is 4. The van der Waals surface area contributed by atoms with Crippen molar-refractivity contribution in [3.63, 3.8) is 0 Å². The van der Waals surface area contributed by atoms with E-state index in [4.69, 9.17) is 9.47 Å². The maximum Gasteiger partial charge on any atom is 0.167 e. The number of carbonyl (C=O) groups is 1. The summed E-state index contributed by atoms with van der Waals surface area (Å²) in [5.74, 6) is -0.541. The number of Topliss-reactive ketones (excluding diaryl/α,β-unsaturated/α-hetero) is 1. The van der Waals surface area contributed by atoms with Gasteiger partial charge in [-0.1, -0.05) is 80.4 Å². The number of hydrogen-bond donors (Lipinski definition) is 1. The third-order valence-corrected chi connectivity index (χ3v) is 6.41. The molecule has 4 heteroatoms. The molecule has 176 valence electrons. The lowest BCUT2D eigenvalue weighted by Gasteiger charge is -2.34. The van der Waals surface area contributed by atoms with E-state index in [1.165, 1.54) is 5.56 Å². The third kappa shape index (κ3) is 7.26. The Bertz CT molecular complexity index is 815. The highest BCUT2D eigenvalue weighted by Crippen LogP contribution is 2.36. The first-order valence-corrected chi connectivity index (χ1v) is 11.8. The largest absolute Gasteiger partial charge is 0.389 e. The Morgan fingerprint density at radius 1 is 1.00 bits per heavy atom. The quantitative estimate of drug-likeness (QED) is 0.375. The van der Waals surface area contributed by atoms with Crippen LogP contribution in [-0.4, -0.2) is 37.0 Å². The second kappa shape index (κ2) is 12.9. The van der Waals surface area contributed by atoms with Gasteiger partial charge in [-0.15, -0.1) is 0 Å². The van der Waals surface area contributed by atoms with E-state index in [0.29, 0.717) is 12.8 Å². The monoisotopic (exact) mass is 440 g/mol. The Hall–Kier alpha value is -2.01. The molecule has 0 aliphatic heterocycles. The Morgan fingerprint density at radius 3 is 2.25 bits per heavy atom. The number of benzene rings is 2. The van der Waals surface area contributed by atoms with Crippen LogP contribution in [0.5, 0.6) is 0 Å². The van der Waals surface area contributed by atoms with Crippen molar-refractivity contribution in [1.29, 1.82) is 0 Å². The lowest BCUT2D eigenvalue weighted by molar-refractivity contribution is -0.164. The summed E-state index contributed by atoms with van der Waals surface area (Å²) in [6.07, 6.45) is 2.91. The minimum atomic E-state index is -1.04. The van der Waals surface area contributed by atoms with Gasteiger partial charge < -0.3 is 14.6 Å². The summed E-state index contributed by atoms with van der Waals surface area (Å²) in [5.41, 5.74) is 2.39. The maximum absolute atomic E-state index is 13.7. The number of rotatable bonds is 14. The van der Waals surface area contributed by atoms with Crippen LogP contribution in [0.25, 0.3) is 0 Å². The fraction of sp³-hybridized carbons (Fsp3) is 0.536. The molecule has 0 bridgehead atoms. The van der Waals surface area contributed by atoms with Gasteiger partial charge in [0, 0.05) is 20.6 Å². The minimum absolute atomic E-state index is 0.00364. The van der Waals surface area contributed by atoms with Crippen LogP contribution < -0.4 is 0 Å². The molecule has 0 fully saturated rings. The van der Waals surface area contributed by atoms with Crippen LogP contribution in [0.3, 0.4) is 0 Å². The van der Waals surface area contributed by atoms with E-state index < -0.39 is 17.8 Å². The molecule has 0 amide bonds. The average Bonchev–Trinajstić information content (AvgIpc) is 2.79. The van der Waals surface area contributed by atoms with Crippen LogP contribution in [0.1, 0.15) is 68.6 Å². The van der Waals surface area contributed by atoms with Crippen molar-refractivity contribution >= 4 is 5.78 Å². The van der Waals surface area contributed by atoms with Gasteiger partial charge in [0.25, 0.3) is 0 Å². The molecule has 0 heterocycles. The van der Waals surface area contributed by atoms with Crippen LogP contribution in [0, 0.1) is 12.8 Å². The van der Waals surface area contributed by atoms with Crippen molar-refractivity contribution in [1.82, 2.24) is 0 Å². The number of ether oxygens (including phenoxy) is 2. The molecule has 2 aromatic carbocycles. The summed E-state index contributed by atoms with van der Waals surface area (Å²) in [6.45, 7) is 6.19. The zero-order valence-electron chi connectivity index (χ0n) is 20.3. The molecule has 3 atom stereocenters. The van der Waals surface area contributed by atoms with Gasteiger partial charge in [-0.2, -0.15) is 0 Å². The van der Waals surface area contributed by atoms with Crippen molar-refractivity contribution in [3.05, 3.63) is 71.3 Å². The number of aliphatic hydroxyl groups is 1. The Balaban J connectivity index is 2.29. The highest BCUT2D eigenvalue weighted by atomic mass is 16.7. The summed E-state index contributed by atoms with van der Waals surface area (Å²) in [5, 5.41) is 11.5. The fourth-order valence-corrected chi connectivity index (χ4v) is 4.78. The zero-order chi connectivity index (χ0) is 23.6. The van der Waals surface area contributed by atoms with Gasteiger partial charge in [-0.3, -0.25) is 4.79 Å². The van der Waals surface area contributed by atoms with Gasteiger partial charge >= 0.3 is 0 Å². The van der Waals surface area contributed by atoms with E-state index in [0.717, 1.165) is 30.4 Å². The van der Waals surface area contributed by atoms with E-state index in [2.05, 4.69) is 44.2 Å². The summed E-state index contributed by atoms with van der Waals surface area (Å²) < 4.78 is 11.2.